The highest BCUT2D eigenvalue weighted by Crippen LogP contribution is 2.25. The molecule has 0 aliphatic rings. The Morgan fingerprint density at radius 1 is 1.89 bits per heavy atom. The van der Waals surface area contributed by atoms with E-state index >= 15 is 0 Å². The lowest BCUT2D eigenvalue weighted by Gasteiger charge is -1.85. The molecule has 0 rings (SSSR count). The van der Waals surface area contributed by atoms with E-state index in [1.807, 2.05) is 0 Å². The van der Waals surface area contributed by atoms with Crippen molar-refractivity contribution in [1.82, 2.24) is 0 Å². The SMILES string of the molecule is CCC(N=C=O)[P+](=O)O. The predicted molar refractivity (Wildman–Crippen MR) is 32.0 cm³/mol. The molecule has 0 amide bonds. The summed E-state index contributed by atoms with van der Waals surface area (Å²) in [6, 6.07) is 0. The molecule has 0 aromatic heterocycles. The molecule has 4 nitrogen and oxygen atoms in total. The summed E-state index contributed by atoms with van der Waals surface area (Å²) in [6.45, 7) is 1.68. The minimum atomic E-state index is -2.35. The molecule has 0 radical (unpaired) electrons. The van der Waals surface area contributed by atoms with Crippen molar-refractivity contribution in [2.45, 2.75) is 19.1 Å². The molecule has 0 aromatic carbocycles. The maximum Gasteiger partial charge on any atom is 0.533 e. The fraction of sp³-hybridized carbons (Fsp3) is 0.750. The number of hydrogen-bond donors (Lipinski definition) is 1. The number of rotatable bonds is 3. The summed E-state index contributed by atoms with van der Waals surface area (Å²) < 4.78 is 10.2. The summed E-state index contributed by atoms with van der Waals surface area (Å²) in [6.07, 6.45) is 1.62. The van der Waals surface area contributed by atoms with Crippen LogP contribution in [0.4, 0.5) is 0 Å². The second kappa shape index (κ2) is 4.33. The summed E-state index contributed by atoms with van der Waals surface area (Å²) in [7, 11) is -2.35. The molecule has 0 bridgehead atoms. The van der Waals surface area contributed by atoms with E-state index in [0.29, 0.717) is 6.42 Å². The minimum absolute atomic E-state index is 0.390. The van der Waals surface area contributed by atoms with Crippen LogP contribution in [0.25, 0.3) is 0 Å². The predicted octanol–water partition coefficient (Wildman–Crippen LogP) is 0.793. The van der Waals surface area contributed by atoms with E-state index in [2.05, 4.69) is 4.99 Å². The van der Waals surface area contributed by atoms with Gasteiger partial charge in [-0.25, -0.2) is 4.79 Å². The van der Waals surface area contributed by atoms with Crippen LogP contribution in [0, 0.1) is 0 Å². The van der Waals surface area contributed by atoms with Crippen LogP contribution in [0.15, 0.2) is 4.99 Å². The second-order valence-corrected chi connectivity index (χ2v) is 2.61. The average Bonchev–Trinajstić information content (AvgIpc) is 1.82. The van der Waals surface area contributed by atoms with E-state index in [1.165, 1.54) is 6.08 Å². The Morgan fingerprint density at radius 2 is 2.44 bits per heavy atom. The minimum Gasteiger partial charge on any atom is -0.211 e. The van der Waals surface area contributed by atoms with E-state index in [9.17, 15) is 9.36 Å². The summed E-state index contributed by atoms with van der Waals surface area (Å²) in [5.74, 6) is -0.766. The monoisotopic (exact) mass is 148 g/mol. The molecule has 5 heteroatoms. The lowest BCUT2D eigenvalue weighted by Crippen LogP contribution is -1.93. The Kier molecular flexibility index (Phi) is 4.06. The Hall–Kier alpha value is -0.560. The quantitative estimate of drug-likeness (QED) is 0.365. The van der Waals surface area contributed by atoms with Crippen molar-refractivity contribution in [3.05, 3.63) is 0 Å². The molecule has 0 aliphatic heterocycles. The van der Waals surface area contributed by atoms with Crippen LogP contribution in [0.1, 0.15) is 13.3 Å². The van der Waals surface area contributed by atoms with E-state index in [0.717, 1.165) is 0 Å². The highest BCUT2D eigenvalue weighted by molar-refractivity contribution is 7.38. The molecule has 50 valence electrons. The first-order chi connectivity index (χ1) is 4.22. The van der Waals surface area contributed by atoms with Gasteiger partial charge in [-0.05, 0) is 4.57 Å². The van der Waals surface area contributed by atoms with Crippen molar-refractivity contribution < 1.29 is 14.3 Å². The summed E-state index contributed by atoms with van der Waals surface area (Å²) in [5, 5.41) is 0. The molecule has 0 aliphatic carbocycles. The van der Waals surface area contributed by atoms with Crippen molar-refractivity contribution in [2.75, 3.05) is 0 Å². The molecule has 0 heterocycles. The zero-order valence-corrected chi connectivity index (χ0v) is 5.84. The molecule has 0 saturated heterocycles. The Labute approximate surface area is 53.5 Å². The van der Waals surface area contributed by atoms with E-state index < -0.39 is 13.8 Å². The largest absolute Gasteiger partial charge is 0.533 e. The molecule has 2 atom stereocenters. The number of nitrogens with zero attached hydrogens (tertiary/aromatic N) is 1. The summed E-state index contributed by atoms with van der Waals surface area (Å²) in [5.41, 5.74) is 0. The van der Waals surface area contributed by atoms with Gasteiger partial charge < -0.3 is 0 Å². The van der Waals surface area contributed by atoms with E-state index in [1.54, 1.807) is 6.92 Å². The highest BCUT2D eigenvalue weighted by Gasteiger charge is 2.25. The zero-order valence-electron chi connectivity index (χ0n) is 4.94. The lowest BCUT2D eigenvalue weighted by atomic mass is 10.5. The van der Waals surface area contributed by atoms with Crippen LogP contribution >= 0.6 is 8.03 Å². The topological polar surface area (TPSA) is 66.7 Å². The third-order valence-corrected chi connectivity index (χ3v) is 1.81. The van der Waals surface area contributed by atoms with Gasteiger partial charge >= 0.3 is 8.03 Å². The van der Waals surface area contributed by atoms with Gasteiger partial charge in [-0.3, -0.25) is 0 Å². The molecule has 0 aromatic rings. The Balaban J connectivity index is 3.98. The zero-order chi connectivity index (χ0) is 7.28. The van der Waals surface area contributed by atoms with Crippen LogP contribution in [0.5, 0.6) is 0 Å². The van der Waals surface area contributed by atoms with Crippen LogP contribution in [-0.4, -0.2) is 16.8 Å². The van der Waals surface area contributed by atoms with Gasteiger partial charge in [-0.15, -0.1) is 4.99 Å². The van der Waals surface area contributed by atoms with Gasteiger partial charge in [0.15, 0.2) is 0 Å². The number of carbonyl (C=O) groups excluding carboxylic acids is 1. The summed E-state index contributed by atoms with van der Waals surface area (Å²) in [4.78, 5) is 21.0. The number of aliphatic imine (C=N–C) groups is 1. The second-order valence-electron chi connectivity index (χ2n) is 1.41. The fourth-order valence-corrected chi connectivity index (χ4v) is 0.816. The van der Waals surface area contributed by atoms with Crippen molar-refractivity contribution in [3.63, 3.8) is 0 Å². The molecule has 1 N–H and O–H groups in total. The number of hydrogen-bond acceptors (Lipinski definition) is 3. The molecule has 2 unspecified atom stereocenters. The van der Waals surface area contributed by atoms with Gasteiger partial charge in [0, 0.05) is 6.42 Å². The van der Waals surface area contributed by atoms with Gasteiger partial charge in [-0.2, -0.15) is 4.89 Å². The van der Waals surface area contributed by atoms with Crippen molar-refractivity contribution >= 4 is 14.1 Å². The van der Waals surface area contributed by atoms with Crippen LogP contribution in [0.3, 0.4) is 0 Å². The third-order valence-electron chi connectivity index (χ3n) is 0.822. The molecule has 0 fully saturated rings. The van der Waals surface area contributed by atoms with Crippen molar-refractivity contribution in [2.24, 2.45) is 4.99 Å². The smallest absolute Gasteiger partial charge is 0.211 e. The van der Waals surface area contributed by atoms with Gasteiger partial charge in [-0.1, -0.05) is 6.92 Å². The van der Waals surface area contributed by atoms with E-state index in [-0.39, 0.29) is 0 Å². The fourth-order valence-electron chi connectivity index (χ4n) is 0.358. The third kappa shape index (κ3) is 3.09. The van der Waals surface area contributed by atoms with Gasteiger partial charge in [0.25, 0.3) is 5.78 Å². The van der Waals surface area contributed by atoms with Crippen LogP contribution < -0.4 is 0 Å². The first-order valence-electron chi connectivity index (χ1n) is 2.44. The first kappa shape index (κ1) is 8.44. The van der Waals surface area contributed by atoms with Crippen LogP contribution in [-0.2, 0) is 9.36 Å². The lowest BCUT2D eigenvalue weighted by molar-refractivity contribution is 0.486. The van der Waals surface area contributed by atoms with Crippen LogP contribution in [0.2, 0.25) is 0 Å². The van der Waals surface area contributed by atoms with Gasteiger partial charge in [0.2, 0.25) is 6.08 Å². The summed E-state index contributed by atoms with van der Waals surface area (Å²) >= 11 is 0. The molecular weight excluding hydrogens is 141 g/mol. The highest BCUT2D eigenvalue weighted by atomic mass is 31.1. The maximum absolute atomic E-state index is 10.2. The Morgan fingerprint density at radius 3 is 2.56 bits per heavy atom. The normalized spacial score (nSPS) is 13.8. The van der Waals surface area contributed by atoms with Crippen molar-refractivity contribution in [1.29, 1.82) is 0 Å². The molecular formula is C4H7NO3P+. The van der Waals surface area contributed by atoms with Gasteiger partial charge in [0.1, 0.15) is 0 Å². The average molecular weight is 148 g/mol. The number of isocyanates is 1. The Bertz CT molecular complexity index is 150. The van der Waals surface area contributed by atoms with Crippen molar-refractivity contribution in [3.8, 4) is 0 Å². The maximum atomic E-state index is 10.2. The molecule has 0 spiro atoms. The first-order valence-corrected chi connectivity index (χ1v) is 3.72. The molecule has 9 heavy (non-hydrogen) atoms. The molecule has 0 saturated carbocycles. The van der Waals surface area contributed by atoms with Gasteiger partial charge in [0.05, 0.1) is 0 Å². The van der Waals surface area contributed by atoms with E-state index in [4.69, 9.17) is 4.89 Å². The standard InChI is InChI=1S/C4H6NO3P/c1-2-4(5-3-6)9(7)8/h4H,2H2,1H3/p+1.